The van der Waals surface area contributed by atoms with Gasteiger partial charge in [0.15, 0.2) is 30.0 Å². The molecule has 41 heavy (non-hydrogen) atoms. The highest BCUT2D eigenvalue weighted by Crippen LogP contribution is 2.75. The summed E-state index contributed by atoms with van der Waals surface area (Å²) in [5.41, 5.74) is 5.65. The number of ether oxygens (including phenoxy) is 3. The minimum Gasteiger partial charge on any atom is -0.504 e. The molecule has 1 aromatic rings. The van der Waals surface area contributed by atoms with Gasteiger partial charge in [-0.05, 0) is 56.9 Å². The van der Waals surface area contributed by atoms with Gasteiger partial charge >= 0.3 is 5.97 Å². The molecule has 11 nitrogen and oxygen atoms in total. The Hall–Kier alpha value is -2.70. The van der Waals surface area contributed by atoms with E-state index in [-0.39, 0.29) is 54.2 Å². The summed E-state index contributed by atoms with van der Waals surface area (Å²) in [5, 5.41) is 36.1. The van der Waals surface area contributed by atoms with Gasteiger partial charge in [-0.15, -0.1) is 0 Å². The van der Waals surface area contributed by atoms with Crippen LogP contribution >= 0.6 is 0 Å². The summed E-state index contributed by atoms with van der Waals surface area (Å²) in [6, 6.07) is 2.85. The summed E-state index contributed by atoms with van der Waals surface area (Å²) in [6.45, 7) is 6.43. The summed E-state index contributed by atoms with van der Waals surface area (Å²) < 4.78 is 17.7. The number of amides is 1. The normalized spacial score (nSPS) is 34.5. The molecule has 2 heterocycles. The maximum Gasteiger partial charge on any atom is 0.340 e. The Labute approximate surface area is 239 Å². The zero-order chi connectivity index (χ0) is 29.5. The Morgan fingerprint density at radius 1 is 1.29 bits per heavy atom. The number of phenolic OH excluding ortho intramolecular Hbond substituents is 1. The van der Waals surface area contributed by atoms with Gasteiger partial charge < -0.3 is 40.6 Å². The molecule has 2 aliphatic heterocycles. The van der Waals surface area contributed by atoms with Crippen molar-refractivity contribution in [3.63, 3.8) is 0 Å². The number of hydrogen-bond acceptors (Lipinski definition) is 10. The van der Waals surface area contributed by atoms with Crippen molar-refractivity contribution < 1.29 is 39.1 Å². The summed E-state index contributed by atoms with van der Waals surface area (Å²) in [7, 11) is 2.02. The fraction of sp³-hybridized carbons (Fsp3) is 0.667. The molecule has 6 rings (SSSR count). The minimum atomic E-state index is -1.31. The zero-order valence-corrected chi connectivity index (χ0v) is 24.1. The van der Waals surface area contributed by atoms with E-state index in [1.807, 2.05) is 27.0 Å². The van der Waals surface area contributed by atoms with Gasteiger partial charge in [-0.3, -0.25) is 9.69 Å². The first-order valence-corrected chi connectivity index (χ1v) is 14.6. The van der Waals surface area contributed by atoms with Crippen molar-refractivity contribution >= 4 is 11.9 Å². The third-order valence-electron chi connectivity index (χ3n) is 9.87. The van der Waals surface area contributed by atoms with Crippen LogP contribution in [-0.2, 0) is 30.9 Å². The molecule has 1 amide bonds. The molecule has 8 atom stereocenters. The van der Waals surface area contributed by atoms with Crippen LogP contribution in [-0.4, -0.2) is 88.4 Å². The summed E-state index contributed by atoms with van der Waals surface area (Å²) in [5.74, 6) is -0.106. The van der Waals surface area contributed by atoms with Crippen molar-refractivity contribution in [2.75, 3.05) is 20.1 Å². The highest BCUT2D eigenvalue weighted by atomic mass is 16.6. The summed E-state index contributed by atoms with van der Waals surface area (Å²) >= 11 is 0. The van der Waals surface area contributed by atoms with Crippen LogP contribution in [0.15, 0.2) is 24.0 Å². The SMILES string of the molecule is CC(C)C[C@H](N)C(=O)NCCC(O)O[C@@H](C)C(=O)OC1=CC[C@@]2(O)[C@@H]3N(C)CC34Cc3ccc(O)c5c3[C@@]2(C4)[C@H]1O5. The van der Waals surface area contributed by atoms with Crippen molar-refractivity contribution in [3.8, 4) is 11.5 Å². The number of fused-ring (bicyclic) bond motifs is 1. The van der Waals surface area contributed by atoms with Crippen LogP contribution < -0.4 is 15.8 Å². The van der Waals surface area contributed by atoms with Gasteiger partial charge in [0.1, 0.15) is 5.76 Å². The van der Waals surface area contributed by atoms with Crippen LogP contribution in [0.5, 0.6) is 11.5 Å². The van der Waals surface area contributed by atoms with E-state index in [0.29, 0.717) is 18.6 Å². The van der Waals surface area contributed by atoms with Crippen LogP contribution in [0.1, 0.15) is 57.6 Å². The molecule has 1 saturated carbocycles. The average Bonchev–Trinajstić information content (AvgIpc) is 3.31. The molecular formula is C30H41N3O8. The fourth-order valence-corrected chi connectivity index (χ4v) is 8.62. The van der Waals surface area contributed by atoms with Gasteiger partial charge in [-0.1, -0.05) is 19.9 Å². The van der Waals surface area contributed by atoms with E-state index in [2.05, 4.69) is 10.2 Å². The minimum absolute atomic E-state index is 0.00109. The van der Waals surface area contributed by atoms with Crippen molar-refractivity contribution in [2.45, 2.75) is 94.5 Å². The number of likely N-dealkylation sites (N-methyl/N-ethyl adjacent to an activating group) is 1. The van der Waals surface area contributed by atoms with Crippen LogP contribution in [0.3, 0.4) is 0 Å². The number of carbonyl (C=O) groups excluding carboxylic acids is 2. The molecule has 6 N–H and O–H groups in total. The predicted molar refractivity (Wildman–Crippen MR) is 147 cm³/mol. The highest BCUT2D eigenvalue weighted by molar-refractivity contribution is 5.81. The number of rotatable bonds is 10. The van der Waals surface area contributed by atoms with E-state index in [4.69, 9.17) is 19.9 Å². The number of nitrogens with one attached hydrogen (secondary N) is 1. The number of hydrogen-bond donors (Lipinski definition) is 5. The Morgan fingerprint density at radius 3 is 2.76 bits per heavy atom. The number of nitrogens with two attached hydrogens (primary N) is 1. The number of aromatic hydroxyl groups is 1. The molecule has 5 aliphatic rings. The fourth-order valence-electron chi connectivity index (χ4n) is 8.62. The number of phenols is 1. The second kappa shape index (κ2) is 9.67. The average molecular weight is 572 g/mol. The quantitative estimate of drug-likeness (QED) is 0.201. The number of carbonyl (C=O) groups is 2. The second-order valence-electron chi connectivity index (χ2n) is 13.2. The first kappa shape index (κ1) is 28.4. The Balaban J connectivity index is 1.14. The molecule has 3 aliphatic carbocycles. The van der Waals surface area contributed by atoms with E-state index >= 15 is 0 Å². The number of nitrogens with zero attached hydrogens (tertiary/aromatic N) is 1. The maximum absolute atomic E-state index is 13.1. The van der Waals surface area contributed by atoms with E-state index in [1.54, 1.807) is 12.1 Å². The third kappa shape index (κ3) is 4.04. The molecule has 2 bridgehead atoms. The number of likely N-dealkylation sites (tertiary alicyclic amines) is 1. The third-order valence-corrected chi connectivity index (χ3v) is 9.87. The number of aliphatic hydroxyl groups excluding tert-OH is 1. The van der Waals surface area contributed by atoms with Crippen LogP contribution in [0.4, 0.5) is 0 Å². The lowest BCUT2D eigenvalue weighted by molar-refractivity contribution is -0.178. The first-order chi connectivity index (χ1) is 19.3. The molecule has 0 aromatic heterocycles. The van der Waals surface area contributed by atoms with E-state index in [0.717, 1.165) is 24.1 Å². The smallest absolute Gasteiger partial charge is 0.340 e. The number of esters is 1. The molecule has 2 spiro atoms. The Kier molecular flexibility index (Phi) is 6.70. The van der Waals surface area contributed by atoms with Crippen molar-refractivity contribution in [1.82, 2.24) is 10.2 Å². The molecule has 0 radical (unpaired) electrons. The second-order valence-corrected chi connectivity index (χ2v) is 13.2. The molecule has 11 heteroatoms. The lowest BCUT2D eigenvalue weighted by atomic mass is 9.59. The molecule has 1 aromatic carbocycles. The maximum atomic E-state index is 13.1. The Morgan fingerprint density at radius 2 is 2.05 bits per heavy atom. The highest BCUT2D eigenvalue weighted by Gasteiger charge is 2.82. The lowest BCUT2D eigenvalue weighted by Crippen LogP contribution is -2.70. The lowest BCUT2D eigenvalue weighted by Gasteiger charge is -2.56. The van der Waals surface area contributed by atoms with Gasteiger partial charge in [0.2, 0.25) is 5.91 Å². The van der Waals surface area contributed by atoms with Gasteiger partial charge in [-0.25, -0.2) is 4.79 Å². The van der Waals surface area contributed by atoms with Gasteiger partial charge in [0.25, 0.3) is 0 Å². The van der Waals surface area contributed by atoms with E-state index in [9.17, 15) is 24.9 Å². The summed E-state index contributed by atoms with van der Waals surface area (Å²) in [6.07, 6.45) is 0.874. The van der Waals surface area contributed by atoms with Crippen molar-refractivity contribution in [2.24, 2.45) is 17.1 Å². The van der Waals surface area contributed by atoms with Crippen LogP contribution in [0.25, 0.3) is 0 Å². The molecule has 2 fully saturated rings. The predicted octanol–water partition coefficient (Wildman–Crippen LogP) is 0.816. The zero-order valence-electron chi connectivity index (χ0n) is 24.1. The van der Waals surface area contributed by atoms with Crippen LogP contribution in [0.2, 0.25) is 0 Å². The summed E-state index contributed by atoms with van der Waals surface area (Å²) in [4.78, 5) is 27.4. The molecule has 1 saturated heterocycles. The van der Waals surface area contributed by atoms with Crippen molar-refractivity contribution in [3.05, 3.63) is 35.1 Å². The standard InChI is InChI=1S/C30H41N3O8/c1-15(2)11-18(31)25(36)32-10-8-21(35)39-16(3)26(37)40-20-7-9-30(38)27-28(14-33(27)4)12-17-5-6-19(34)23-22(17)29(30,13-28)24(20)41-23/h5-7,15-16,18,21,24,27,34-35,38H,8-14,31H2,1-4H3,(H,32,36)/t16-,18-,21?,24-,27+,28?,29-,30+/m0/s1. The Bertz CT molecular complexity index is 1300. The molecule has 224 valence electrons. The van der Waals surface area contributed by atoms with Crippen molar-refractivity contribution in [1.29, 1.82) is 0 Å². The number of aliphatic hydroxyl groups is 2. The van der Waals surface area contributed by atoms with E-state index < -0.39 is 41.5 Å². The number of benzene rings is 1. The largest absolute Gasteiger partial charge is 0.504 e. The van der Waals surface area contributed by atoms with Gasteiger partial charge in [0.05, 0.1) is 17.1 Å². The molecular weight excluding hydrogens is 530 g/mol. The van der Waals surface area contributed by atoms with Gasteiger partial charge in [0, 0.05) is 43.0 Å². The molecule has 2 unspecified atom stereocenters. The van der Waals surface area contributed by atoms with Gasteiger partial charge in [-0.2, -0.15) is 0 Å². The van der Waals surface area contributed by atoms with Crippen LogP contribution in [0, 0.1) is 11.3 Å². The van der Waals surface area contributed by atoms with E-state index in [1.165, 1.54) is 6.92 Å². The topological polar surface area (TPSA) is 164 Å². The monoisotopic (exact) mass is 571 g/mol. The first-order valence-electron chi connectivity index (χ1n) is 14.6.